The van der Waals surface area contributed by atoms with Crippen LogP contribution in [0.3, 0.4) is 0 Å². The number of rotatable bonds is 1. The van der Waals surface area contributed by atoms with Crippen molar-refractivity contribution >= 4 is 5.78 Å². The maximum absolute atomic E-state index is 10.9. The maximum atomic E-state index is 10.9. The molecule has 0 aromatic rings. The summed E-state index contributed by atoms with van der Waals surface area (Å²) in [6.45, 7) is 5.76. The van der Waals surface area contributed by atoms with Gasteiger partial charge in [-0.3, -0.25) is 4.79 Å². The normalized spacial score (nSPS) is 31.2. The number of ketones is 1. The molecule has 0 heterocycles. The topological polar surface area (TPSA) is 46.5 Å². The lowest BCUT2D eigenvalue weighted by Gasteiger charge is -2.25. The van der Waals surface area contributed by atoms with Crippen molar-refractivity contribution in [1.29, 1.82) is 0 Å². The second-order valence-electron chi connectivity index (χ2n) is 4.22. The zero-order valence-corrected chi connectivity index (χ0v) is 7.83. The van der Waals surface area contributed by atoms with Crippen LogP contribution in [-0.4, -0.2) is 28.7 Å². The van der Waals surface area contributed by atoms with Gasteiger partial charge in [0.2, 0.25) is 0 Å². The minimum Gasteiger partial charge on any atom is -0.383 e. The molecule has 0 radical (unpaired) electrons. The van der Waals surface area contributed by atoms with E-state index in [1.165, 1.54) is 0 Å². The van der Waals surface area contributed by atoms with E-state index < -0.39 is 6.10 Å². The van der Waals surface area contributed by atoms with Gasteiger partial charge in [0.05, 0.1) is 11.7 Å². The third-order valence-electron chi connectivity index (χ3n) is 1.86. The van der Waals surface area contributed by atoms with E-state index in [9.17, 15) is 9.90 Å². The van der Waals surface area contributed by atoms with Gasteiger partial charge in [0.15, 0.2) is 5.78 Å². The molecule has 2 atom stereocenters. The predicted molar refractivity (Wildman–Crippen MR) is 44.9 cm³/mol. The van der Waals surface area contributed by atoms with E-state index in [2.05, 4.69) is 0 Å². The number of Topliss-reactive ketones (excluding diaryl/α,β-unsaturated/α-hetero) is 1. The van der Waals surface area contributed by atoms with Gasteiger partial charge in [-0.05, 0) is 27.2 Å². The van der Waals surface area contributed by atoms with Crippen molar-refractivity contribution in [1.82, 2.24) is 0 Å². The molecule has 0 aromatic heterocycles. The molecule has 3 nitrogen and oxygen atoms in total. The Morgan fingerprint density at radius 1 is 1.50 bits per heavy atom. The Kier molecular flexibility index (Phi) is 2.54. The van der Waals surface area contributed by atoms with Crippen LogP contribution in [0.5, 0.6) is 0 Å². The van der Waals surface area contributed by atoms with E-state index in [0.29, 0.717) is 12.8 Å². The van der Waals surface area contributed by atoms with Gasteiger partial charge < -0.3 is 9.84 Å². The Labute approximate surface area is 72.7 Å². The van der Waals surface area contributed by atoms with Crippen molar-refractivity contribution in [3.63, 3.8) is 0 Å². The molecule has 1 N–H and O–H groups in total. The Morgan fingerprint density at radius 3 is 2.42 bits per heavy atom. The van der Waals surface area contributed by atoms with Crippen LogP contribution in [0, 0.1) is 0 Å². The Balaban J connectivity index is 2.50. The molecule has 0 spiro atoms. The lowest BCUT2D eigenvalue weighted by molar-refractivity contribution is -0.135. The summed E-state index contributed by atoms with van der Waals surface area (Å²) in [4.78, 5) is 10.9. The van der Waals surface area contributed by atoms with Crippen LogP contribution < -0.4 is 0 Å². The molecular formula is C9H16O3. The number of carbonyl (C=O) groups excluding carboxylic acids is 1. The fraction of sp³-hybridized carbons (Fsp3) is 0.889. The van der Waals surface area contributed by atoms with Crippen LogP contribution in [-0.2, 0) is 9.53 Å². The zero-order valence-electron chi connectivity index (χ0n) is 7.83. The fourth-order valence-corrected chi connectivity index (χ4v) is 1.38. The van der Waals surface area contributed by atoms with Gasteiger partial charge in [0.1, 0.15) is 6.10 Å². The number of aliphatic hydroxyl groups excluding tert-OH is 1. The Bertz CT molecular complexity index is 181. The third kappa shape index (κ3) is 2.29. The third-order valence-corrected chi connectivity index (χ3v) is 1.86. The van der Waals surface area contributed by atoms with Crippen molar-refractivity contribution < 1.29 is 14.6 Å². The van der Waals surface area contributed by atoms with Crippen LogP contribution in [0.1, 0.15) is 33.6 Å². The summed E-state index contributed by atoms with van der Waals surface area (Å²) in [6, 6.07) is 0. The van der Waals surface area contributed by atoms with Crippen LogP contribution >= 0.6 is 0 Å². The number of hydrogen-bond acceptors (Lipinski definition) is 3. The minimum atomic E-state index is -0.899. The number of hydrogen-bond donors (Lipinski definition) is 1. The summed E-state index contributed by atoms with van der Waals surface area (Å²) in [5.74, 6) is -0.0933. The molecule has 0 saturated heterocycles. The summed E-state index contributed by atoms with van der Waals surface area (Å²) in [5, 5.41) is 9.35. The van der Waals surface area contributed by atoms with Crippen molar-refractivity contribution in [2.75, 3.05) is 0 Å². The van der Waals surface area contributed by atoms with E-state index in [4.69, 9.17) is 4.74 Å². The van der Waals surface area contributed by atoms with Crippen LogP contribution in [0.2, 0.25) is 0 Å². The highest BCUT2D eigenvalue weighted by Crippen LogP contribution is 2.23. The van der Waals surface area contributed by atoms with Gasteiger partial charge in [-0.15, -0.1) is 0 Å². The molecule has 70 valence electrons. The highest BCUT2D eigenvalue weighted by Gasteiger charge is 2.35. The lowest BCUT2D eigenvalue weighted by atomic mass is 10.1. The van der Waals surface area contributed by atoms with Crippen molar-refractivity contribution in [3.05, 3.63) is 0 Å². The lowest BCUT2D eigenvalue weighted by Crippen LogP contribution is -2.34. The second-order valence-corrected chi connectivity index (χ2v) is 4.22. The first-order chi connectivity index (χ1) is 5.40. The van der Waals surface area contributed by atoms with Crippen LogP contribution in [0.4, 0.5) is 0 Å². The average Bonchev–Trinajstić information content (AvgIpc) is 2.16. The first kappa shape index (κ1) is 9.68. The Morgan fingerprint density at radius 2 is 2.08 bits per heavy atom. The first-order valence-corrected chi connectivity index (χ1v) is 4.29. The monoisotopic (exact) mass is 172 g/mol. The number of aliphatic hydroxyl groups is 1. The molecule has 1 aliphatic carbocycles. The quantitative estimate of drug-likeness (QED) is 0.639. The highest BCUT2D eigenvalue weighted by atomic mass is 16.5. The summed E-state index contributed by atoms with van der Waals surface area (Å²) in [7, 11) is 0. The van der Waals surface area contributed by atoms with E-state index in [1.54, 1.807) is 0 Å². The first-order valence-electron chi connectivity index (χ1n) is 4.29. The fourth-order valence-electron chi connectivity index (χ4n) is 1.38. The van der Waals surface area contributed by atoms with Crippen molar-refractivity contribution in [2.24, 2.45) is 0 Å². The van der Waals surface area contributed by atoms with E-state index in [0.717, 1.165) is 0 Å². The molecule has 0 unspecified atom stereocenters. The largest absolute Gasteiger partial charge is 0.383 e. The number of ether oxygens (including phenoxy) is 1. The standard InChI is InChI=1S/C9H16O3/c1-9(2,3)12-7-5-4-6(10)8(7)11/h7-8,11H,4-5H2,1-3H3/t7-,8-/m0/s1. The molecular weight excluding hydrogens is 156 g/mol. The van der Waals surface area contributed by atoms with Gasteiger partial charge in [0, 0.05) is 6.42 Å². The van der Waals surface area contributed by atoms with E-state index >= 15 is 0 Å². The molecule has 0 bridgehead atoms. The summed E-state index contributed by atoms with van der Waals surface area (Å²) in [5.41, 5.74) is -0.281. The highest BCUT2D eigenvalue weighted by molar-refractivity contribution is 5.85. The van der Waals surface area contributed by atoms with Crippen molar-refractivity contribution in [2.45, 2.75) is 51.4 Å². The molecule has 1 fully saturated rings. The molecule has 1 aliphatic rings. The van der Waals surface area contributed by atoms with E-state index in [1.807, 2.05) is 20.8 Å². The molecule has 3 heteroatoms. The second kappa shape index (κ2) is 3.15. The van der Waals surface area contributed by atoms with Gasteiger partial charge >= 0.3 is 0 Å². The van der Waals surface area contributed by atoms with Crippen LogP contribution in [0.15, 0.2) is 0 Å². The molecule has 1 saturated carbocycles. The SMILES string of the molecule is CC(C)(C)O[C@H]1CCC(=O)[C@@H]1O. The zero-order chi connectivity index (χ0) is 9.35. The smallest absolute Gasteiger partial charge is 0.164 e. The van der Waals surface area contributed by atoms with Crippen LogP contribution in [0.25, 0.3) is 0 Å². The average molecular weight is 172 g/mol. The molecule has 0 amide bonds. The summed E-state index contributed by atoms with van der Waals surface area (Å²) in [6.07, 6.45) is -0.0964. The van der Waals surface area contributed by atoms with E-state index in [-0.39, 0.29) is 17.5 Å². The number of carbonyl (C=O) groups is 1. The summed E-state index contributed by atoms with van der Waals surface area (Å²) >= 11 is 0. The summed E-state index contributed by atoms with van der Waals surface area (Å²) < 4.78 is 5.51. The van der Waals surface area contributed by atoms with Crippen molar-refractivity contribution in [3.8, 4) is 0 Å². The molecule has 0 aromatic carbocycles. The predicted octanol–water partition coefficient (Wildman–Crippen LogP) is 0.894. The van der Waals surface area contributed by atoms with Gasteiger partial charge in [-0.2, -0.15) is 0 Å². The molecule has 0 aliphatic heterocycles. The van der Waals surface area contributed by atoms with Gasteiger partial charge in [-0.1, -0.05) is 0 Å². The van der Waals surface area contributed by atoms with Gasteiger partial charge in [0.25, 0.3) is 0 Å². The minimum absolute atomic E-state index is 0.0933. The maximum Gasteiger partial charge on any atom is 0.164 e. The molecule has 1 rings (SSSR count). The van der Waals surface area contributed by atoms with Gasteiger partial charge in [-0.25, -0.2) is 0 Å². The molecule has 12 heavy (non-hydrogen) atoms. The Hall–Kier alpha value is -0.410.